The second-order valence-electron chi connectivity index (χ2n) is 8.60. The molecule has 0 bridgehead atoms. The van der Waals surface area contributed by atoms with Gasteiger partial charge in [-0.1, -0.05) is 39.3 Å². The summed E-state index contributed by atoms with van der Waals surface area (Å²) in [5, 5.41) is 48.1. The highest BCUT2D eigenvalue weighted by Gasteiger charge is 2.41. The van der Waals surface area contributed by atoms with Gasteiger partial charge in [0.25, 0.3) is 0 Å². The van der Waals surface area contributed by atoms with E-state index in [1.54, 1.807) is 27.7 Å². The Kier molecular flexibility index (Phi) is 11.6. The second-order valence-corrected chi connectivity index (χ2v) is 8.60. The number of rotatable bonds is 13. The molecule has 160 valence electrons. The monoisotopic (exact) mass is 388 g/mol. The number of aliphatic hydroxyl groups is 5. The molecule has 0 heterocycles. The maximum atomic E-state index is 12.7. The van der Waals surface area contributed by atoms with E-state index in [2.05, 4.69) is 0 Å². The van der Waals surface area contributed by atoms with Gasteiger partial charge < -0.3 is 25.5 Å². The van der Waals surface area contributed by atoms with Gasteiger partial charge in [-0.25, -0.2) is 0 Å². The van der Waals surface area contributed by atoms with Crippen LogP contribution in [0.25, 0.3) is 0 Å². The molecule has 0 aromatic carbocycles. The number of carbonyl (C=O) groups is 1. The highest BCUT2D eigenvalue weighted by atomic mass is 16.5. The molecule has 0 rings (SSSR count). The number of ketones is 1. The summed E-state index contributed by atoms with van der Waals surface area (Å²) in [6.07, 6.45) is 0.810. The van der Waals surface area contributed by atoms with Crippen LogP contribution in [0, 0.1) is 17.3 Å². The molecule has 0 saturated carbocycles. The molecule has 0 radical (unpaired) electrons. The van der Waals surface area contributed by atoms with Gasteiger partial charge >= 0.3 is 0 Å². The van der Waals surface area contributed by atoms with E-state index in [0.717, 1.165) is 19.3 Å². The average molecular weight is 389 g/mol. The van der Waals surface area contributed by atoms with E-state index in [-0.39, 0.29) is 24.2 Å². The van der Waals surface area contributed by atoms with E-state index in [9.17, 15) is 20.1 Å². The van der Waals surface area contributed by atoms with Crippen LogP contribution in [0.4, 0.5) is 0 Å². The van der Waals surface area contributed by atoms with E-state index < -0.39 is 29.8 Å². The summed E-state index contributed by atoms with van der Waals surface area (Å²) in [6.45, 7) is 10.5. The zero-order valence-corrected chi connectivity index (χ0v) is 17.7. The van der Waals surface area contributed by atoms with Gasteiger partial charge in [-0.15, -0.1) is 0 Å². The zero-order chi connectivity index (χ0) is 21.4. The molecule has 6 heteroatoms. The number of carbonyl (C=O) groups excluding carboxylic acids is 1. The first kappa shape index (κ1) is 26.2. The van der Waals surface area contributed by atoms with Crippen molar-refractivity contribution in [3.63, 3.8) is 0 Å². The Labute approximate surface area is 163 Å². The van der Waals surface area contributed by atoms with Crippen molar-refractivity contribution < 1.29 is 30.3 Å². The van der Waals surface area contributed by atoms with Crippen LogP contribution >= 0.6 is 0 Å². The van der Waals surface area contributed by atoms with Gasteiger partial charge in [0, 0.05) is 17.8 Å². The summed E-state index contributed by atoms with van der Waals surface area (Å²) in [5.41, 5.74) is 0.0259. The third-order valence-electron chi connectivity index (χ3n) is 5.45. The predicted octanol–water partition coefficient (Wildman–Crippen LogP) is 2.16. The van der Waals surface area contributed by atoms with Crippen molar-refractivity contribution in [1.29, 1.82) is 0 Å². The highest BCUT2D eigenvalue weighted by Crippen LogP contribution is 2.32. The number of hydrogen-bond donors (Lipinski definition) is 5. The Morgan fingerprint density at radius 2 is 1.59 bits per heavy atom. The standard InChI is InChI=1S/C21H40O6/c1-13(10-11-15(3)22)8-7-9-14(2)19(26)16(4)20(27)21(5,6)17(23)12-18(24)25/h10,14-19,22-26H,7-9,11-12H2,1-6H3/b13-10-. The quantitative estimate of drug-likeness (QED) is 0.244. The first-order chi connectivity index (χ1) is 12.3. The van der Waals surface area contributed by atoms with Gasteiger partial charge in [-0.2, -0.15) is 0 Å². The summed E-state index contributed by atoms with van der Waals surface area (Å²) in [6, 6.07) is 0. The van der Waals surface area contributed by atoms with E-state index >= 15 is 0 Å². The third-order valence-corrected chi connectivity index (χ3v) is 5.45. The molecule has 27 heavy (non-hydrogen) atoms. The molecule has 5 atom stereocenters. The van der Waals surface area contributed by atoms with Crippen LogP contribution < -0.4 is 0 Å². The minimum Gasteiger partial charge on any atom is -0.393 e. The molecule has 0 amide bonds. The number of hydrogen-bond acceptors (Lipinski definition) is 6. The van der Waals surface area contributed by atoms with Crippen molar-refractivity contribution in [1.82, 2.24) is 0 Å². The van der Waals surface area contributed by atoms with Gasteiger partial charge in [0.1, 0.15) is 5.78 Å². The molecular weight excluding hydrogens is 348 g/mol. The molecule has 0 saturated heterocycles. The number of allylic oxidation sites excluding steroid dienone is 1. The van der Waals surface area contributed by atoms with Crippen molar-refractivity contribution in [2.24, 2.45) is 17.3 Å². The Morgan fingerprint density at radius 3 is 2.07 bits per heavy atom. The lowest BCUT2D eigenvalue weighted by Crippen LogP contribution is -2.45. The lowest BCUT2D eigenvalue weighted by Gasteiger charge is -2.34. The minimum atomic E-state index is -1.68. The van der Waals surface area contributed by atoms with Gasteiger partial charge in [-0.05, 0) is 45.4 Å². The van der Waals surface area contributed by atoms with Crippen LogP contribution in [0.1, 0.15) is 73.6 Å². The Morgan fingerprint density at radius 1 is 1.04 bits per heavy atom. The summed E-state index contributed by atoms with van der Waals surface area (Å²) in [5.74, 6) is -1.03. The second kappa shape index (κ2) is 11.9. The average Bonchev–Trinajstić information content (AvgIpc) is 2.56. The van der Waals surface area contributed by atoms with Crippen LogP contribution in [0.3, 0.4) is 0 Å². The first-order valence-electron chi connectivity index (χ1n) is 9.90. The smallest absolute Gasteiger partial charge is 0.153 e. The lowest BCUT2D eigenvalue weighted by molar-refractivity contribution is -0.146. The van der Waals surface area contributed by atoms with Crippen molar-refractivity contribution >= 4 is 5.78 Å². The Balaban J connectivity index is 4.66. The number of aliphatic hydroxyl groups excluding tert-OH is 4. The van der Waals surface area contributed by atoms with Crippen molar-refractivity contribution in [2.75, 3.05) is 0 Å². The SMILES string of the molecule is C/C(=C/CC(C)O)CCCC(C)C(O)C(C)C(=O)C(C)(C)C(O)CC(O)O. The summed E-state index contributed by atoms with van der Waals surface area (Å²) >= 11 is 0. The van der Waals surface area contributed by atoms with Gasteiger partial charge in [0.2, 0.25) is 0 Å². The van der Waals surface area contributed by atoms with Crippen molar-refractivity contribution in [3.8, 4) is 0 Å². The Bertz CT molecular complexity index is 469. The van der Waals surface area contributed by atoms with Crippen LogP contribution in [-0.4, -0.2) is 55.9 Å². The third kappa shape index (κ3) is 9.30. The van der Waals surface area contributed by atoms with E-state index in [4.69, 9.17) is 10.2 Å². The largest absolute Gasteiger partial charge is 0.393 e. The maximum Gasteiger partial charge on any atom is 0.153 e. The van der Waals surface area contributed by atoms with Gasteiger partial charge in [-0.3, -0.25) is 4.79 Å². The molecular formula is C21H40O6. The van der Waals surface area contributed by atoms with Crippen LogP contribution in [0.2, 0.25) is 0 Å². The fourth-order valence-corrected chi connectivity index (χ4v) is 3.24. The minimum absolute atomic E-state index is 0.0788. The van der Waals surface area contributed by atoms with E-state index in [1.807, 2.05) is 19.9 Å². The lowest BCUT2D eigenvalue weighted by atomic mass is 9.73. The van der Waals surface area contributed by atoms with E-state index in [0.29, 0.717) is 6.42 Å². The number of Topliss-reactive ketones (excluding diaryl/α,β-unsaturated/α-hetero) is 1. The summed E-state index contributed by atoms with van der Waals surface area (Å²) < 4.78 is 0. The molecule has 5 N–H and O–H groups in total. The summed E-state index contributed by atoms with van der Waals surface area (Å²) in [7, 11) is 0. The zero-order valence-electron chi connectivity index (χ0n) is 17.7. The Hall–Kier alpha value is -0.790. The van der Waals surface area contributed by atoms with E-state index in [1.165, 1.54) is 5.57 Å². The predicted molar refractivity (Wildman–Crippen MR) is 106 cm³/mol. The first-order valence-corrected chi connectivity index (χ1v) is 9.90. The highest BCUT2D eigenvalue weighted by molar-refractivity contribution is 5.87. The molecule has 0 aliphatic carbocycles. The molecule has 6 nitrogen and oxygen atoms in total. The van der Waals surface area contributed by atoms with Crippen LogP contribution in [-0.2, 0) is 4.79 Å². The van der Waals surface area contributed by atoms with Gasteiger partial charge in [0.05, 0.1) is 18.3 Å². The molecule has 0 aromatic rings. The fourth-order valence-electron chi connectivity index (χ4n) is 3.24. The molecule has 0 aliphatic rings. The molecule has 0 aromatic heterocycles. The maximum absolute atomic E-state index is 12.7. The van der Waals surface area contributed by atoms with Crippen molar-refractivity contribution in [2.45, 2.75) is 98.2 Å². The van der Waals surface area contributed by atoms with Crippen LogP contribution in [0.5, 0.6) is 0 Å². The normalized spacial score (nSPS) is 18.9. The molecule has 5 unspecified atom stereocenters. The molecule has 0 spiro atoms. The van der Waals surface area contributed by atoms with Gasteiger partial charge in [0.15, 0.2) is 6.29 Å². The van der Waals surface area contributed by atoms with Crippen molar-refractivity contribution in [3.05, 3.63) is 11.6 Å². The molecule has 0 fully saturated rings. The topological polar surface area (TPSA) is 118 Å². The molecule has 0 aliphatic heterocycles. The summed E-state index contributed by atoms with van der Waals surface area (Å²) in [4.78, 5) is 12.7. The fraction of sp³-hybridized carbons (Fsp3) is 0.857. The van der Waals surface area contributed by atoms with Crippen LogP contribution in [0.15, 0.2) is 11.6 Å².